The first kappa shape index (κ1) is 52.5. The molecule has 2 atom stereocenters. The average molecular weight is 787 g/mol. The Labute approximate surface area is 332 Å². The van der Waals surface area contributed by atoms with Gasteiger partial charge in [0.1, 0.15) is 19.8 Å². The van der Waals surface area contributed by atoms with Crippen molar-refractivity contribution >= 4 is 19.8 Å². The van der Waals surface area contributed by atoms with Gasteiger partial charge in [0.2, 0.25) is 0 Å². The summed E-state index contributed by atoms with van der Waals surface area (Å²) in [6, 6.07) is 0. The summed E-state index contributed by atoms with van der Waals surface area (Å²) in [7, 11) is 1.48. The molecule has 318 valence electrons. The Morgan fingerprint density at radius 1 is 0.611 bits per heavy atom. The number of unbranched alkanes of at least 4 members (excludes halogenated alkanes) is 24. The fourth-order valence-electron chi connectivity index (χ4n) is 6.09. The van der Waals surface area contributed by atoms with Crippen molar-refractivity contribution in [1.29, 1.82) is 0 Å². The SMILES string of the molecule is C=CCCCCCCCCCCCCCCCC(=O)O[C@H](COC(=O)CCCCCCCCCCC/C=C/CCCC)COP(=O)(O)OCC[N+](C)(C)C. The average Bonchev–Trinajstić information content (AvgIpc) is 3.12. The maximum Gasteiger partial charge on any atom is 0.472 e. The minimum absolute atomic E-state index is 0.0322. The summed E-state index contributed by atoms with van der Waals surface area (Å²) in [4.78, 5) is 35.3. The van der Waals surface area contributed by atoms with E-state index in [-0.39, 0.29) is 32.0 Å². The predicted molar refractivity (Wildman–Crippen MR) is 224 cm³/mol. The molecule has 9 nitrogen and oxygen atoms in total. The van der Waals surface area contributed by atoms with Crippen molar-refractivity contribution < 1.29 is 42.1 Å². The Kier molecular flexibility index (Phi) is 36.1. The summed E-state index contributed by atoms with van der Waals surface area (Å²) in [5.74, 6) is -0.799. The zero-order valence-electron chi connectivity index (χ0n) is 35.6. The van der Waals surface area contributed by atoms with Gasteiger partial charge in [-0.2, -0.15) is 0 Å². The van der Waals surface area contributed by atoms with Crippen LogP contribution in [0.5, 0.6) is 0 Å². The van der Waals surface area contributed by atoms with E-state index in [0.29, 0.717) is 17.4 Å². The number of carbonyl (C=O) groups is 2. The lowest BCUT2D eigenvalue weighted by Gasteiger charge is -2.24. The first-order valence-corrected chi connectivity index (χ1v) is 23.5. The summed E-state index contributed by atoms with van der Waals surface area (Å²) in [5.41, 5.74) is 0. The molecule has 0 rings (SSSR count). The van der Waals surface area contributed by atoms with Crippen molar-refractivity contribution in [1.82, 2.24) is 0 Å². The van der Waals surface area contributed by atoms with Crippen LogP contribution in [-0.2, 0) is 32.7 Å². The minimum Gasteiger partial charge on any atom is -0.462 e. The van der Waals surface area contributed by atoms with E-state index in [1.807, 2.05) is 27.2 Å². The van der Waals surface area contributed by atoms with E-state index in [1.54, 1.807) is 0 Å². The van der Waals surface area contributed by atoms with Crippen molar-refractivity contribution in [2.24, 2.45) is 0 Å². The van der Waals surface area contributed by atoms with Gasteiger partial charge in [-0.1, -0.05) is 154 Å². The van der Waals surface area contributed by atoms with Crippen LogP contribution in [0.3, 0.4) is 0 Å². The third kappa shape index (κ3) is 40.2. The van der Waals surface area contributed by atoms with Gasteiger partial charge >= 0.3 is 19.8 Å². The molecule has 0 aromatic heterocycles. The topological polar surface area (TPSA) is 108 Å². The first-order valence-electron chi connectivity index (χ1n) is 22.0. The molecule has 0 heterocycles. The van der Waals surface area contributed by atoms with E-state index in [2.05, 4.69) is 25.7 Å². The monoisotopic (exact) mass is 787 g/mol. The third-order valence-electron chi connectivity index (χ3n) is 9.60. The van der Waals surface area contributed by atoms with Crippen LogP contribution in [-0.4, -0.2) is 74.9 Å². The van der Waals surface area contributed by atoms with Crippen LogP contribution >= 0.6 is 7.82 Å². The minimum atomic E-state index is -4.37. The molecule has 0 aliphatic heterocycles. The summed E-state index contributed by atoms with van der Waals surface area (Å²) >= 11 is 0. The number of nitrogens with zero attached hydrogens (tertiary/aromatic N) is 1. The third-order valence-corrected chi connectivity index (χ3v) is 10.6. The molecule has 0 aliphatic rings. The van der Waals surface area contributed by atoms with E-state index < -0.39 is 26.5 Å². The molecule has 0 bridgehead atoms. The number of quaternary nitrogens is 1. The molecule has 54 heavy (non-hydrogen) atoms. The molecule has 0 amide bonds. The zero-order valence-corrected chi connectivity index (χ0v) is 36.4. The highest BCUT2D eigenvalue weighted by molar-refractivity contribution is 7.47. The van der Waals surface area contributed by atoms with Gasteiger partial charge in [0, 0.05) is 12.8 Å². The fourth-order valence-corrected chi connectivity index (χ4v) is 6.83. The van der Waals surface area contributed by atoms with Crippen molar-refractivity contribution in [3.63, 3.8) is 0 Å². The van der Waals surface area contributed by atoms with Crippen molar-refractivity contribution in [3.05, 3.63) is 24.8 Å². The fraction of sp³-hybridized carbons (Fsp3) is 0.864. The molecule has 0 aromatic carbocycles. The number of rotatable bonds is 41. The van der Waals surface area contributed by atoms with Crippen LogP contribution in [0.25, 0.3) is 0 Å². The zero-order chi connectivity index (χ0) is 40.0. The van der Waals surface area contributed by atoms with Crippen LogP contribution < -0.4 is 0 Å². The number of phosphoric acid groups is 1. The summed E-state index contributed by atoms with van der Waals surface area (Å²) in [6.45, 7) is 5.92. The van der Waals surface area contributed by atoms with Gasteiger partial charge in [-0.05, 0) is 44.9 Å². The number of likely N-dealkylation sites (N-methyl/N-ethyl adjacent to an activating group) is 1. The highest BCUT2D eigenvalue weighted by Gasteiger charge is 2.27. The molecule has 0 saturated heterocycles. The molecule has 0 radical (unpaired) electrons. The highest BCUT2D eigenvalue weighted by atomic mass is 31.2. The summed E-state index contributed by atoms with van der Waals surface area (Å²) < 4.78 is 34.3. The second-order valence-corrected chi connectivity index (χ2v) is 17.6. The molecule has 1 unspecified atom stereocenters. The van der Waals surface area contributed by atoms with E-state index in [0.717, 1.165) is 38.5 Å². The smallest absolute Gasteiger partial charge is 0.462 e. The predicted octanol–water partition coefficient (Wildman–Crippen LogP) is 12.4. The molecule has 1 N–H and O–H groups in total. The molecule has 0 aromatic rings. The van der Waals surface area contributed by atoms with Gasteiger partial charge in [-0.15, -0.1) is 6.58 Å². The number of allylic oxidation sites excluding steroid dienone is 3. The van der Waals surface area contributed by atoms with E-state index >= 15 is 0 Å². The molecular weight excluding hydrogens is 701 g/mol. The standard InChI is InChI=1S/C44H84NO8P/c1-6-8-10-12-14-16-18-20-22-24-26-28-30-32-34-36-43(46)50-40-42(41-52-54(48,49)51-39-38-45(3,4)5)53-44(47)37-35-33-31-29-27-25-23-21-19-17-15-13-11-9-7-2/h7,12,14,42H,2,6,8-11,13,15-41H2,1,3-5H3/p+1/b14-12+/t42-/m1/s1. The van der Waals surface area contributed by atoms with Gasteiger partial charge in [0.25, 0.3) is 0 Å². The lowest BCUT2D eigenvalue weighted by Crippen LogP contribution is -2.37. The van der Waals surface area contributed by atoms with Crippen LogP contribution in [0.1, 0.15) is 193 Å². The van der Waals surface area contributed by atoms with Crippen molar-refractivity contribution in [2.45, 2.75) is 199 Å². The molecule has 0 aliphatic carbocycles. The molecule has 10 heteroatoms. The number of esters is 2. The second kappa shape index (κ2) is 37.1. The van der Waals surface area contributed by atoms with Gasteiger partial charge < -0.3 is 18.9 Å². The van der Waals surface area contributed by atoms with Crippen molar-refractivity contribution in [2.75, 3.05) is 47.5 Å². The van der Waals surface area contributed by atoms with Crippen LogP contribution in [0.2, 0.25) is 0 Å². The molecular formula is C44H85NO8P+. The number of ether oxygens (including phenoxy) is 2. The van der Waals surface area contributed by atoms with E-state index in [4.69, 9.17) is 18.5 Å². The number of hydrogen-bond acceptors (Lipinski definition) is 7. The largest absolute Gasteiger partial charge is 0.472 e. The highest BCUT2D eigenvalue weighted by Crippen LogP contribution is 2.43. The maximum absolute atomic E-state index is 12.7. The Morgan fingerprint density at radius 3 is 1.50 bits per heavy atom. The first-order chi connectivity index (χ1) is 26.0. The number of hydrogen-bond donors (Lipinski definition) is 1. The van der Waals surface area contributed by atoms with Gasteiger partial charge in [0.15, 0.2) is 6.10 Å². The Hall–Kier alpha value is -1.51. The Morgan fingerprint density at radius 2 is 1.04 bits per heavy atom. The quantitative estimate of drug-likeness (QED) is 0.0215. The van der Waals surface area contributed by atoms with Gasteiger partial charge in [0.05, 0.1) is 27.7 Å². The molecule has 0 saturated carbocycles. The maximum atomic E-state index is 12.7. The summed E-state index contributed by atoms with van der Waals surface area (Å²) in [5, 5.41) is 0. The lowest BCUT2D eigenvalue weighted by atomic mass is 10.0. The van der Waals surface area contributed by atoms with E-state index in [1.165, 1.54) is 128 Å². The summed E-state index contributed by atoms with van der Waals surface area (Å²) in [6.07, 6.45) is 38.2. The normalized spacial score (nSPS) is 13.6. The van der Waals surface area contributed by atoms with Crippen LogP contribution in [0.4, 0.5) is 0 Å². The second-order valence-electron chi connectivity index (χ2n) is 16.2. The van der Waals surface area contributed by atoms with Crippen molar-refractivity contribution in [3.8, 4) is 0 Å². The lowest BCUT2D eigenvalue weighted by molar-refractivity contribution is -0.870. The van der Waals surface area contributed by atoms with Gasteiger partial charge in [-0.3, -0.25) is 18.6 Å². The van der Waals surface area contributed by atoms with E-state index in [9.17, 15) is 19.0 Å². The van der Waals surface area contributed by atoms with Crippen LogP contribution in [0, 0.1) is 0 Å². The molecule has 0 spiro atoms. The van der Waals surface area contributed by atoms with Crippen LogP contribution in [0.15, 0.2) is 24.8 Å². The number of carbonyl (C=O) groups excluding carboxylic acids is 2. The van der Waals surface area contributed by atoms with Gasteiger partial charge in [-0.25, -0.2) is 4.57 Å². The Bertz CT molecular complexity index is 967. The Balaban J connectivity index is 4.32. The molecule has 0 fully saturated rings. The number of phosphoric ester groups is 1.